The average molecular weight is 289 g/mol. The number of rotatable bonds is 6. The van der Waals surface area contributed by atoms with Gasteiger partial charge in [0.05, 0.1) is 6.61 Å². The van der Waals surface area contributed by atoms with Crippen LogP contribution in [0.4, 0.5) is 5.82 Å². The standard InChI is InChI=1S/C17H27N3O/c1-2-3-16-10-15(13-21)11-17(18-16)20-8-6-19(7-9-20)12-14-4-5-14/h10-11,14,21H,2-9,12-13H2,1H3. The predicted octanol–water partition coefficient (Wildman–Crippen LogP) is 2.06. The van der Waals surface area contributed by atoms with Crippen molar-refractivity contribution in [3.8, 4) is 0 Å². The molecule has 2 fully saturated rings. The Morgan fingerprint density at radius 1 is 1.19 bits per heavy atom. The SMILES string of the molecule is CCCc1cc(CO)cc(N2CCN(CC3CC3)CC2)n1. The van der Waals surface area contributed by atoms with Crippen LogP contribution in [-0.2, 0) is 13.0 Å². The molecule has 0 bridgehead atoms. The van der Waals surface area contributed by atoms with Crippen molar-refractivity contribution in [3.63, 3.8) is 0 Å². The van der Waals surface area contributed by atoms with E-state index in [1.54, 1.807) is 0 Å². The summed E-state index contributed by atoms with van der Waals surface area (Å²) in [7, 11) is 0. The quantitative estimate of drug-likeness (QED) is 0.870. The molecule has 3 rings (SSSR count). The average Bonchev–Trinajstić information content (AvgIpc) is 3.32. The van der Waals surface area contributed by atoms with Gasteiger partial charge in [0.1, 0.15) is 5.82 Å². The van der Waals surface area contributed by atoms with Gasteiger partial charge in [0.2, 0.25) is 0 Å². The fourth-order valence-electron chi connectivity index (χ4n) is 3.10. The van der Waals surface area contributed by atoms with E-state index in [0.29, 0.717) is 0 Å². The van der Waals surface area contributed by atoms with Gasteiger partial charge in [0.15, 0.2) is 0 Å². The van der Waals surface area contributed by atoms with Gasteiger partial charge in [0.25, 0.3) is 0 Å². The lowest BCUT2D eigenvalue weighted by Gasteiger charge is -2.35. The molecule has 1 saturated carbocycles. The van der Waals surface area contributed by atoms with Crippen LogP contribution in [0.5, 0.6) is 0 Å². The zero-order valence-electron chi connectivity index (χ0n) is 13.1. The maximum absolute atomic E-state index is 9.45. The van der Waals surface area contributed by atoms with Crippen LogP contribution in [0.2, 0.25) is 0 Å². The second kappa shape index (κ2) is 6.75. The second-order valence-electron chi connectivity index (χ2n) is 6.46. The number of hydrogen-bond acceptors (Lipinski definition) is 4. The van der Waals surface area contributed by atoms with Crippen LogP contribution in [0.1, 0.15) is 37.4 Å². The van der Waals surface area contributed by atoms with E-state index in [9.17, 15) is 5.11 Å². The number of pyridine rings is 1. The van der Waals surface area contributed by atoms with Gasteiger partial charge in [-0.1, -0.05) is 13.3 Å². The molecule has 1 aliphatic carbocycles. The molecule has 4 nitrogen and oxygen atoms in total. The second-order valence-corrected chi connectivity index (χ2v) is 6.46. The molecule has 1 aromatic rings. The molecule has 2 heterocycles. The Labute approximate surface area is 127 Å². The summed E-state index contributed by atoms with van der Waals surface area (Å²) in [5.74, 6) is 2.03. The maximum Gasteiger partial charge on any atom is 0.129 e. The molecule has 21 heavy (non-hydrogen) atoms. The van der Waals surface area contributed by atoms with Crippen molar-refractivity contribution in [1.82, 2.24) is 9.88 Å². The lowest BCUT2D eigenvalue weighted by Crippen LogP contribution is -2.47. The zero-order chi connectivity index (χ0) is 14.7. The third-order valence-corrected chi connectivity index (χ3v) is 4.52. The van der Waals surface area contributed by atoms with Crippen molar-refractivity contribution in [2.24, 2.45) is 5.92 Å². The Balaban J connectivity index is 1.64. The van der Waals surface area contributed by atoms with Gasteiger partial charge in [-0.25, -0.2) is 4.98 Å². The van der Waals surface area contributed by atoms with Crippen molar-refractivity contribution >= 4 is 5.82 Å². The topological polar surface area (TPSA) is 39.6 Å². The number of nitrogens with zero attached hydrogens (tertiary/aromatic N) is 3. The van der Waals surface area contributed by atoms with Crippen LogP contribution in [0.25, 0.3) is 0 Å². The molecule has 0 atom stereocenters. The molecule has 1 N–H and O–H groups in total. The van der Waals surface area contributed by atoms with Gasteiger partial charge in [0, 0.05) is 38.4 Å². The highest BCUT2D eigenvalue weighted by molar-refractivity contribution is 5.43. The Morgan fingerprint density at radius 3 is 2.57 bits per heavy atom. The highest BCUT2D eigenvalue weighted by Gasteiger charge is 2.26. The van der Waals surface area contributed by atoms with Gasteiger partial charge in [-0.15, -0.1) is 0 Å². The monoisotopic (exact) mass is 289 g/mol. The fraction of sp³-hybridized carbons (Fsp3) is 0.706. The first-order chi connectivity index (χ1) is 10.3. The maximum atomic E-state index is 9.45. The van der Waals surface area contributed by atoms with E-state index in [2.05, 4.69) is 22.8 Å². The Bertz CT molecular complexity index is 465. The van der Waals surface area contributed by atoms with E-state index in [1.165, 1.54) is 19.4 Å². The summed E-state index contributed by atoms with van der Waals surface area (Å²) < 4.78 is 0. The first kappa shape index (κ1) is 14.8. The zero-order valence-corrected chi connectivity index (χ0v) is 13.1. The van der Waals surface area contributed by atoms with Crippen molar-refractivity contribution in [3.05, 3.63) is 23.4 Å². The van der Waals surface area contributed by atoms with Gasteiger partial charge in [-0.05, 0) is 42.9 Å². The van der Waals surface area contributed by atoms with Crippen molar-refractivity contribution in [2.75, 3.05) is 37.6 Å². The number of aromatic nitrogens is 1. The molecule has 0 unspecified atom stereocenters. The minimum atomic E-state index is 0.105. The normalized spacial score (nSPS) is 20.0. The summed E-state index contributed by atoms with van der Waals surface area (Å²) in [5, 5.41) is 9.45. The first-order valence-electron chi connectivity index (χ1n) is 8.36. The molecular formula is C17H27N3O. The number of anilines is 1. The van der Waals surface area contributed by atoms with E-state index in [1.807, 2.05) is 6.07 Å². The molecule has 4 heteroatoms. The molecule has 0 aromatic carbocycles. The van der Waals surface area contributed by atoms with Crippen LogP contribution in [0.15, 0.2) is 12.1 Å². The van der Waals surface area contributed by atoms with E-state index in [0.717, 1.165) is 62.0 Å². The van der Waals surface area contributed by atoms with Crippen LogP contribution in [0.3, 0.4) is 0 Å². The molecular weight excluding hydrogens is 262 g/mol. The molecule has 0 amide bonds. The summed E-state index contributed by atoms with van der Waals surface area (Å²) >= 11 is 0. The van der Waals surface area contributed by atoms with E-state index in [4.69, 9.17) is 4.98 Å². The van der Waals surface area contributed by atoms with Crippen LogP contribution >= 0.6 is 0 Å². The highest BCUT2D eigenvalue weighted by Crippen LogP contribution is 2.30. The van der Waals surface area contributed by atoms with Gasteiger partial charge >= 0.3 is 0 Å². The van der Waals surface area contributed by atoms with Crippen molar-refractivity contribution in [1.29, 1.82) is 0 Å². The van der Waals surface area contributed by atoms with Crippen LogP contribution in [0, 0.1) is 5.92 Å². The molecule has 1 saturated heterocycles. The first-order valence-corrected chi connectivity index (χ1v) is 8.36. The minimum Gasteiger partial charge on any atom is -0.392 e. The minimum absolute atomic E-state index is 0.105. The molecule has 0 spiro atoms. The Morgan fingerprint density at radius 2 is 1.95 bits per heavy atom. The van der Waals surface area contributed by atoms with Crippen molar-refractivity contribution < 1.29 is 5.11 Å². The summed E-state index contributed by atoms with van der Waals surface area (Å²) in [6.07, 6.45) is 4.94. The number of piperazine rings is 1. The van der Waals surface area contributed by atoms with Crippen LogP contribution < -0.4 is 4.90 Å². The lowest BCUT2D eigenvalue weighted by atomic mass is 10.1. The van der Waals surface area contributed by atoms with Gasteiger partial charge in [-0.2, -0.15) is 0 Å². The summed E-state index contributed by atoms with van der Waals surface area (Å²) in [5.41, 5.74) is 2.10. The smallest absolute Gasteiger partial charge is 0.129 e. The summed E-state index contributed by atoms with van der Waals surface area (Å²) in [4.78, 5) is 9.76. The summed E-state index contributed by atoms with van der Waals surface area (Å²) in [6, 6.07) is 4.09. The highest BCUT2D eigenvalue weighted by atomic mass is 16.3. The lowest BCUT2D eigenvalue weighted by molar-refractivity contribution is 0.247. The molecule has 1 aliphatic heterocycles. The number of hydrogen-bond donors (Lipinski definition) is 1. The van der Waals surface area contributed by atoms with E-state index < -0.39 is 0 Å². The third kappa shape index (κ3) is 3.95. The fourth-order valence-corrected chi connectivity index (χ4v) is 3.10. The summed E-state index contributed by atoms with van der Waals surface area (Å²) in [6.45, 7) is 7.96. The number of aryl methyl sites for hydroxylation is 1. The largest absolute Gasteiger partial charge is 0.392 e. The number of aliphatic hydroxyl groups is 1. The Kier molecular flexibility index (Phi) is 4.76. The van der Waals surface area contributed by atoms with Gasteiger partial charge < -0.3 is 10.0 Å². The third-order valence-electron chi connectivity index (χ3n) is 4.52. The predicted molar refractivity (Wildman–Crippen MR) is 85.5 cm³/mol. The van der Waals surface area contributed by atoms with E-state index in [-0.39, 0.29) is 6.61 Å². The van der Waals surface area contributed by atoms with E-state index >= 15 is 0 Å². The molecule has 1 aromatic heterocycles. The Hall–Kier alpha value is -1.13. The molecule has 2 aliphatic rings. The molecule has 0 radical (unpaired) electrons. The van der Waals surface area contributed by atoms with Crippen molar-refractivity contribution in [2.45, 2.75) is 39.2 Å². The number of aliphatic hydroxyl groups excluding tert-OH is 1. The van der Waals surface area contributed by atoms with Gasteiger partial charge in [-0.3, -0.25) is 4.90 Å². The van der Waals surface area contributed by atoms with Crippen LogP contribution in [-0.4, -0.2) is 47.7 Å². The molecule has 116 valence electrons.